The van der Waals surface area contributed by atoms with E-state index < -0.39 is 11.6 Å². The fourth-order valence-electron chi connectivity index (χ4n) is 2.85. The van der Waals surface area contributed by atoms with Crippen molar-refractivity contribution in [2.75, 3.05) is 26.2 Å². The third-order valence-corrected chi connectivity index (χ3v) is 4.83. The van der Waals surface area contributed by atoms with Crippen LogP contribution in [0.2, 0.25) is 0 Å². The summed E-state index contributed by atoms with van der Waals surface area (Å²) in [5.41, 5.74) is -1.15. The molecular weight excluding hydrogens is 362 g/mol. The van der Waals surface area contributed by atoms with Crippen LogP contribution in [0.15, 0.2) is 30.3 Å². The van der Waals surface area contributed by atoms with E-state index >= 15 is 0 Å². The summed E-state index contributed by atoms with van der Waals surface area (Å²) in [6.45, 7) is 12.1. The first-order valence-electron chi connectivity index (χ1n) is 11.2. The molecule has 0 aromatic heterocycles. The summed E-state index contributed by atoms with van der Waals surface area (Å²) in [5.74, 6) is 5.06. The lowest BCUT2D eigenvalue weighted by molar-refractivity contribution is -0.163. The molecule has 0 amide bonds. The zero-order valence-electron chi connectivity index (χ0n) is 19.2. The maximum atomic E-state index is 11.9. The molecule has 1 aliphatic rings. The van der Waals surface area contributed by atoms with Crippen molar-refractivity contribution < 1.29 is 14.6 Å². The van der Waals surface area contributed by atoms with Gasteiger partial charge in [0.05, 0.1) is 6.54 Å². The number of ether oxygens (including phenoxy) is 1. The van der Waals surface area contributed by atoms with Gasteiger partial charge in [0.2, 0.25) is 0 Å². The molecule has 1 aromatic rings. The quantitative estimate of drug-likeness (QED) is 0.527. The predicted molar refractivity (Wildman–Crippen MR) is 122 cm³/mol. The molecule has 1 aliphatic carbocycles. The molecule has 1 fully saturated rings. The van der Waals surface area contributed by atoms with E-state index in [1.165, 1.54) is 45.4 Å². The van der Waals surface area contributed by atoms with Gasteiger partial charge in [-0.2, -0.15) is 0 Å². The van der Waals surface area contributed by atoms with Gasteiger partial charge in [-0.15, -0.1) is 0 Å². The highest BCUT2D eigenvalue weighted by atomic mass is 16.5. The Hall–Kier alpha value is -1.83. The number of rotatable bonds is 6. The molecule has 1 atom stereocenters. The average molecular weight is 404 g/mol. The highest BCUT2D eigenvalue weighted by Crippen LogP contribution is 2.21. The minimum Gasteiger partial charge on any atom is -0.450 e. The Morgan fingerprint density at radius 3 is 1.93 bits per heavy atom. The fourth-order valence-corrected chi connectivity index (χ4v) is 2.85. The fraction of sp³-hybridized carbons (Fsp3) is 0.640. The van der Waals surface area contributed by atoms with Gasteiger partial charge in [-0.3, -0.25) is 4.90 Å². The molecule has 0 radical (unpaired) electrons. The van der Waals surface area contributed by atoms with E-state index in [1.807, 2.05) is 19.9 Å². The molecule has 0 aliphatic heterocycles. The summed E-state index contributed by atoms with van der Waals surface area (Å²) >= 11 is 0. The molecule has 0 spiro atoms. The minimum absolute atomic E-state index is 0.0108. The molecular formula is C25H41NO3. The summed E-state index contributed by atoms with van der Waals surface area (Å²) in [6.07, 6.45) is 9.00. The second-order valence-electron chi connectivity index (χ2n) is 6.95. The number of hydrogen-bond acceptors (Lipinski definition) is 4. The number of carbonyl (C=O) groups is 1. The van der Waals surface area contributed by atoms with Gasteiger partial charge in [0.25, 0.3) is 0 Å². The van der Waals surface area contributed by atoms with Crippen molar-refractivity contribution >= 4 is 5.97 Å². The van der Waals surface area contributed by atoms with Gasteiger partial charge in [-0.25, -0.2) is 4.79 Å². The lowest BCUT2D eigenvalue weighted by Crippen LogP contribution is -2.34. The normalized spacial score (nSPS) is 14.7. The van der Waals surface area contributed by atoms with Crippen molar-refractivity contribution in [1.82, 2.24) is 4.90 Å². The monoisotopic (exact) mass is 403 g/mol. The van der Waals surface area contributed by atoms with Crippen LogP contribution in [0.5, 0.6) is 0 Å². The lowest BCUT2D eigenvalue weighted by atomic mass is 9.96. The van der Waals surface area contributed by atoms with E-state index in [1.54, 1.807) is 24.3 Å². The largest absolute Gasteiger partial charge is 0.450 e. The molecule has 2 rings (SSSR count). The second kappa shape index (κ2) is 17.1. The number of esters is 1. The van der Waals surface area contributed by atoms with Crippen LogP contribution in [-0.2, 0) is 15.1 Å². The third kappa shape index (κ3) is 11.7. The highest BCUT2D eigenvalue weighted by molar-refractivity contribution is 5.80. The topological polar surface area (TPSA) is 49.8 Å². The van der Waals surface area contributed by atoms with Crippen LogP contribution in [0.1, 0.15) is 78.7 Å². The standard InChI is InChI=1S/C17H23NO3.C6H12.C2H6/c1-4-18(5-2)13-9-10-14-21-16(19)17(3,20)15-11-7-6-8-12-15;1-2-4-6-5-3-1;1-2/h6-8,11-12,20H,4-5,13-14H2,1-3H3;1-6H2;1-2H3. The van der Waals surface area contributed by atoms with E-state index in [9.17, 15) is 9.90 Å². The Labute approximate surface area is 178 Å². The number of benzene rings is 1. The zero-order valence-corrected chi connectivity index (χ0v) is 19.2. The summed E-state index contributed by atoms with van der Waals surface area (Å²) in [4.78, 5) is 14.1. The summed E-state index contributed by atoms with van der Waals surface area (Å²) in [5, 5.41) is 10.2. The highest BCUT2D eigenvalue weighted by Gasteiger charge is 2.33. The Morgan fingerprint density at radius 2 is 1.48 bits per heavy atom. The third-order valence-electron chi connectivity index (χ3n) is 4.83. The van der Waals surface area contributed by atoms with E-state index in [2.05, 4.69) is 30.6 Å². The maximum absolute atomic E-state index is 11.9. The molecule has 1 N–H and O–H groups in total. The Morgan fingerprint density at radius 1 is 1.00 bits per heavy atom. The van der Waals surface area contributed by atoms with Gasteiger partial charge < -0.3 is 9.84 Å². The molecule has 1 saturated carbocycles. The van der Waals surface area contributed by atoms with E-state index in [0.717, 1.165) is 13.1 Å². The van der Waals surface area contributed by atoms with Crippen LogP contribution >= 0.6 is 0 Å². The number of carbonyl (C=O) groups excluding carboxylic acids is 1. The van der Waals surface area contributed by atoms with Crippen LogP contribution in [0.3, 0.4) is 0 Å². The summed E-state index contributed by atoms with van der Waals surface area (Å²) in [6, 6.07) is 8.73. The van der Waals surface area contributed by atoms with Crippen LogP contribution < -0.4 is 0 Å². The van der Waals surface area contributed by atoms with Crippen LogP contribution in [0.25, 0.3) is 0 Å². The van der Waals surface area contributed by atoms with Crippen LogP contribution in [-0.4, -0.2) is 42.2 Å². The summed E-state index contributed by atoms with van der Waals surface area (Å²) < 4.78 is 5.03. The van der Waals surface area contributed by atoms with Crippen molar-refractivity contribution in [2.45, 2.75) is 78.7 Å². The molecule has 4 heteroatoms. The van der Waals surface area contributed by atoms with Crippen molar-refractivity contribution in [3.8, 4) is 11.8 Å². The molecule has 29 heavy (non-hydrogen) atoms. The van der Waals surface area contributed by atoms with Gasteiger partial charge in [0, 0.05) is 0 Å². The van der Waals surface area contributed by atoms with E-state index in [0.29, 0.717) is 12.1 Å². The predicted octanol–water partition coefficient (Wildman–Crippen LogP) is 5.15. The van der Waals surface area contributed by atoms with Crippen molar-refractivity contribution in [3.63, 3.8) is 0 Å². The zero-order chi connectivity index (χ0) is 22.0. The summed E-state index contributed by atoms with van der Waals surface area (Å²) in [7, 11) is 0. The minimum atomic E-state index is -1.65. The number of nitrogens with zero attached hydrogens (tertiary/aromatic N) is 1. The molecule has 4 nitrogen and oxygen atoms in total. The van der Waals surface area contributed by atoms with Crippen molar-refractivity contribution in [3.05, 3.63) is 35.9 Å². The van der Waals surface area contributed by atoms with Gasteiger partial charge in [-0.1, -0.05) is 108 Å². The Bertz CT molecular complexity index is 568. The van der Waals surface area contributed by atoms with Crippen LogP contribution in [0.4, 0.5) is 0 Å². The first-order chi connectivity index (χ1) is 14.0. The molecule has 1 aromatic carbocycles. The van der Waals surface area contributed by atoms with Gasteiger partial charge >= 0.3 is 5.97 Å². The van der Waals surface area contributed by atoms with Crippen molar-refractivity contribution in [1.29, 1.82) is 0 Å². The molecule has 1 unspecified atom stereocenters. The maximum Gasteiger partial charge on any atom is 0.343 e. The van der Waals surface area contributed by atoms with Gasteiger partial charge in [0.15, 0.2) is 12.2 Å². The van der Waals surface area contributed by atoms with Crippen molar-refractivity contribution in [2.24, 2.45) is 0 Å². The first kappa shape index (κ1) is 27.2. The average Bonchev–Trinajstić information content (AvgIpc) is 2.79. The molecule has 0 bridgehead atoms. The van der Waals surface area contributed by atoms with Crippen LogP contribution in [0, 0.1) is 11.8 Å². The van der Waals surface area contributed by atoms with Gasteiger partial charge in [0.1, 0.15) is 0 Å². The molecule has 0 saturated heterocycles. The smallest absolute Gasteiger partial charge is 0.343 e. The van der Waals surface area contributed by atoms with E-state index in [-0.39, 0.29) is 6.61 Å². The SMILES string of the molecule is C1CCCCC1.CC.CCN(CC)CC#CCOC(=O)C(C)(O)c1ccccc1. The van der Waals surface area contributed by atoms with Gasteiger partial charge in [-0.05, 0) is 25.6 Å². The second-order valence-corrected chi connectivity index (χ2v) is 6.95. The van der Waals surface area contributed by atoms with E-state index in [4.69, 9.17) is 4.74 Å². The number of aliphatic hydroxyl groups is 1. The Balaban J connectivity index is 0.000000818. The number of hydrogen-bond donors (Lipinski definition) is 1. The Kier molecular flexibility index (Phi) is 16.0. The molecule has 164 valence electrons. The first-order valence-corrected chi connectivity index (χ1v) is 11.2. The molecule has 0 heterocycles. The lowest BCUT2D eigenvalue weighted by Gasteiger charge is -2.20.